The third-order valence-corrected chi connectivity index (χ3v) is 5.60. The lowest BCUT2D eigenvalue weighted by atomic mass is 10.0. The van der Waals surface area contributed by atoms with E-state index in [0.717, 1.165) is 0 Å². The van der Waals surface area contributed by atoms with Crippen molar-refractivity contribution in [2.45, 2.75) is 49.9 Å². The zero-order valence-electron chi connectivity index (χ0n) is 22.5. The molecule has 232 valence electrons. The number of carboxylic acids is 2. The minimum Gasteiger partial charge on any atom is -0.508 e. The van der Waals surface area contributed by atoms with Gasteiger partial charge in [-0.3, -0.25) is 29.0 Å². The van der Waals surface area contributed by atoms with E-state index in [9.17, 15) is 44.1 Å². The predicted molar refractivity (Wildman–Crippen MR) is 145 cm³/mol. The van der Waals surface area contributed by atoms with Crippen LogP contribution in [-0.2, 0) is 35.2 Å². The van der Waals surface area contributed by atoms with Gasteiger partial charge in [-0.05, 0) is 30.5 Å². The molecule has 0 aromatic heterocycles. The Bertz CT molecular complexity index is 1140. The van der Waals surface area contributed by atoms with Crippen LogP contribution in [0.25, 0.3) is 0 Å². The predicted octanol–water partition coefficient (Wildman–Crippen LogP) is -4.56. The number of aliphatic imine (C=N–C) groups is 1. The van der Waals surface area contributed by atoms with Crippen LogP contribution in [0.15, 0.2) is 29.3 Å². The minimum atomic E-state index is -1.80. The molecule has 4 unspecified atom stereocenters. The van der Waals surface area contributed by atoms with Crippen LogP contribution in [0.2, 0.25) is 0 Å². The highest BCUT2D eigenvalue weighted by atomic mass is 16.4. The van der Waals surface area contributed by atoms with Crippen LogP contribution in [0.4, 0.5) is 0 Å². The monoisotopic (exact) mass is 596 g/mol. The lowest BCUT2D eigenvalue weighted by Gasteiger charge is -2.25. The van der Waals surface area contributed by atoms with E-state index in [1.165, 1.54) is 24.3 Å². The molecule has 0 aliphatic rings. The Kier molecular flexibility index (Phi) is 14.7. The number of hydrogen-bond acceptors (Lipinski definition) is 10. The van der Waals surface area contributed by atoms with Crippen molar-refractivity contribution in [2.24, 2.45) is 22.2 Å². The number of carbonyl (C=O) groups excluding carboxylic acids is 4. The van der Waals surface area contributed by atoms with E-state index in [-0.39, 0.29) is 37.5 Å². The number of hydrogen-bond donors (Lipinski definition) is 11. The molecular formula is C24H36N8O10. The number of nitrogens with one attached hydrogen (secondary N) is 4. The third kappa shape index (κ3) is 12.9. The van der Waals surface area contributed by atoms with Crippen LogP contribution >= 0.6 is 0 Å². The summed E-state index contributed by atoms with van der Waals surface area (Å²) < 4.78 is 0. The summed E-state index contributed by atoms with van der Waals surface area (Å²) in [5, 5.41) is 46.1. The molecule has 0 spiro atoms. The number of guanidine groups is 1. The summed E-state index contributed by atoms with van der Waals surface area (Å²) in [6, 6.07) is -0.670. The van der Waals surface area contributed by atoms with Gasteiger partial charge in [0.15, 0.2) is 5.96 Å². The molecule has 4 atom stereocenters. The van der Waals surface area contributed by atoms with E-state index in [1.807, 2.05) is 5.32 Å². The Hall–Kier alpha value is -4.97. The van der Waals surface area contributed by atoms with Crippen molar-refractivity contribution in [2.75, 3.05) is 19.7 Å². The van der Waals surface area contributed by atoms with Crippen LogP contribution in [0, 0.1) is 0 Å². The van der Waals surface area contributed by atoms with Crippen molar-refractivity contribution in [1.82, 2.24) is 21.3 Å². The Morgan fingerprint density at radius 3 is 1.88 bits per heavy atom. The molecule has 0 saturated carbocycles. The summed E-state index contributed by atoms with van der Waals surface area (Å²) in [4.78, 5) is 77.4. The molecule has 42 heavy (non-hydrogen) atoms. The van der Waals surface area contributed by atoms with Crippen molar-refractivity contribution < 1.29 is 49.2 Å². The quantitative estimate of drug-likeness (QED) is 0.0432. The molecule has 18 heteroatoms. The molecule has 1 aromatic carbocycles. The molecule has 4 amide bonds. The molecule has 1 aromatic rings. The van der Waals surface area contributed by atoms with Gasteiger partial charge in [0.25, 0.3) is 0 Å². The van der Waals surface area contributed by atoms with Crippen LogP contribution in [-0.4, -0.2) is 106 Å². The molecule has 1 rings (SSSR count). The number of aliphatic hydroxyl groups is 1. The van der Waals surface area contributed by atoms with Gasteiger partial charge in [-0.1, -0.05) is 12.1 Å². The first-order valence-corrected chi connectivity index (χ1v) is 12.6. The number of aromatic hydroxyl groups is 1. The Morgan fingerprint density at radius 1 is 0.810 bits per heavy atom. The average molecular weight is 597 g/mol. The van der Waals surface area contributed by atoms with Gasteiger partial charge in [-0.2, -0.15) is 0 Å². The maximum absolute atomic E-state index is 13.3. The molecule has 0 radical (unpaired) electrons. The Morgan fingerprint density at radius 2 is 1.36 bits per heavy atom. The second-order valence-corrected chi connectivity index (χ2v) is 8.95. The molecule has 0 heterocycles. The third-order valence-electron chi connectivity index (χ3n) is 5.60. The smallest absolute Gasteiger partial charge is 0.328 e. The lowest BCUT2D eigenvalue weighted by molar-refractivity contribution is -0.144. The van der Waals surface area contributed by atoms with Gasteiger partial charge in [0.05, 0.1) is 19.6 Å². The van der Waals surface area contributed by atoms with Crippen LogP contribution < -0.4 is 38.5 Å². The van der Waals surface area contributed by atoms with Crippen molar-refractivity contribution in [3.05, 3.63) is 29.8 Å². The van der Waals surface area contributed by atoms with Crippen LogP contribution in [0.5, 0.6) is 5.75 Å². The minimum absolute atomic E-state index is 0.0314. The van der Waals surface area contributed by atoms with Crippen LogP contribution in [0.3, 0.4) is 0 Å². The fourth-order valence-corrected chi connectivity index (χ4v) is 3.49. The highest BCUT2D eigenvalue weighted by molar-refractivity contribution is 5.96. The van der Waals surface area contributed by atoms with E-state index >= 15 is 0 Å². The molecule has 18 nitrogen and oxygen atoms in total. The van der Waals surface area contributed by atoms with Gasteiger partial charge in [-0.25, -0.2) is 4.79 Å². The van der Waals surface area contributed by atoms with E-state index in [0.29, 0.717) is 5.56 Å². The Labute approximate surface area is 239 Å². The summed E-state index contributed by atoms with van der Waals surface area (Å²) in [7, 11) is 0. The number of phenolic OH excluding ortho intramolecular Hbond substituents is 1. The number of rotatable bonds is 18. The number of carbonyl (C=O) groups is 6. The molecule has 14 N–H and O–H groups in total. The standard InChI is InChI=1S/C24H36N8O10/c25-10-18(35)29-14(2-1-7-28-24(26)27)20(38)30-15(8-12-3-5-13(34)6-4-12)21(39)31-16(9-19(36)37)22(40)32-17(11-33)23(41)42/h3-6,14-17,33-34H,1-2,7-11,25H2,(H,29,35)(H,30,38)(H,31,39)(H,32,40)(H,36,37)(H,41,42)(H4,26,27,28). The summed E-state index contributed by atoms with van der Waals surface area (Å²) in [6.45, 7) is -1.32. The molecule has 0 aliphatic heterocycles. The summed E-state index contributed by atoms with van der Waals surface area (Å²) in [6.07, 6.45) is -0.899. The van der Waals surface area contributed by atoms with E-state index in [2.05, 4.69) is 20.9 Å². The number of nitrogens with two attached hydrogens (primary N) is 3. The summed E-state index contributed by atoms with van der Waals surface area (Å²) in [5.41, 5.74) is 16.4. The number of carboxylic acid groups (broad SMARTS) is 2. The first-order valence-electron chi connectivity index (χ1n) is 12.6. The topological polar surface area (TPSA) is 322 Å². The van der Waals surface area contributed by atoms with E-state index < -0.39 is 79.3 Å². The largest absolute Gasteiger partial charge is 0.508 e. The first-order chi connectivity index (χ1) is 19.8. The molecule has 0 saturated heterocycles. The zero-order chi connectivity index (χ0) is 31.8. The lowest BCUT2D eigenvalue weighted by Crippen LogP contribution is -2.59. The number of nitrogens with zero attached hydrogens (tertiary/aromatic N) is 1. The second-order valence-electron chi connectivity index (χ2n) is 8.95. The molecule has 0 fully saturated rings. The number of aliphatic carboxylic acids is 2. The number of phenols is 1. The van der Waals surface area contributed by atoms with Crippen molar-refractivity contribution in [3.63, 3.8) is 0 Å². The molecule has 0 bridgehead atoms. The summed E-state index contributed by atoms with van der Waals surface area (Å²) in [5.74, 6) is -7.12. The SMILES string of the molecule is NCC(=O)NC(CCCN=C(N)N)C(=O)NC(Cc1ccc(O)cc1)C(=O)NC(CC(=O)O)C(=O)NC(CO)C(=O)O. The highest BCUT2D eigenvalue weighted by Gasteiger charge is 2.32. The number of aliphatic hydroxyl groups excluding tert-OH is 1. The van der Waals surface area contributed by atoms with Gasteiger partial charge in [0, 0.05) is 13.0 Å². The summed E-state index contributed by atoms with van der Waals surface area (Å²) >= 11 is 0. The van der Waals surface area contributed by atoms with Crippen molar-refractivity contribution in [1.29, 1.82) is 0 Å². The van der Waals surface area contributed by atoms with Gasteiger partial charge >= 0.3 is 11.9 Å². The van der Waals surface area contributed by atoms with Crippen molar-refractivity contribution in [3.8, 4) is 5.75 Å². The Balaban J connectivity index is 3.25. The normalized spacial score (nSPS) is 13.4. The first kappa shape index (κ1) is 35.1. The molecule has 0 aliphatic carbocycles. The van der Waals surface area contributed by atoms with E-state index in [1.54, 1.807) is 0 Å². The maximum Gasteiger partial charge on any atom is 0.328 e. The zero-order valence-corrected chi connectivity index (χ0v) is 22.5. The van der Waals surface area contributed by atoms with E-state index in [4.69, 9.17) is 22.3 Å². The van der Waals surface area contributed by atoms with Crippen LogP contribution in [0.1, 0.15) is 24.8 Å². The number of amides is 4. The van der Waals surface area contributed by atoms with Gasteiger partial charge < -0.3 is 58.9 Å². The highest BCUT2D eigenvalue weighted by Crippen LogP contribution is 2.12. The second kappa shape index (κ2) is 17.7. The fourth-order valence-electron chi connectivity index (χ4n) is 3.49. The van der Waals surface area contributed by atoms with Gasteiger partial charge in [0.2, 0.25) is 23.6 Å². The molecular weight excluding hydrogens is 560 g/mol. The maximum atomic E-state index is 13.3. The number of benzene rings is 1. The van der Waals surface area contributed by atoms with Gasteiger partial charge in [-0.15, -0.1) is 0 Å². The fraction of sp³-hybridized carbons (Fsp3) is 0.458. The van der Waals surface area contributed by atoms with Crippen molar-refractivity contribution >= 4 is 41.5 Å². The van der Waals surface area contributed by atoms with Gasteiger partial charge in [0.1, 0.15) is 29.9 Å². The average Bonchev–Trinajstić information content (AvgIpc) is 2.92.